The Labute approximate surface area is 192 Å². The van der Waals surface area contributed by atoms with Crippen molar-refractivity contribution in [3.05, 3.63) is 46.2 Å². The average Bonchev–Trinajstić information content (AvgIpc) is 3.45. The van der Waals surface area contributed by atoms with Crippen LogP contribution in [0, 0.1) is 12.3 Å². The van der Waals surface area contributed by atoms with Crippen molar-refractivity contribution in [3.63, 3.8) is 0 Å². The van der Waals surface area contributed by atoms with Gasteiger partial charge in [-0.15, -0.1) is 11.3 Å². The molecule has 0 saturated carbocycles. The van der Waals surface area contributed by atoms with E-state index in [1.165, 1.54) is 0 Å². The van der Waals surface area contributed by atoms with Gasteiger partial charge in [0.05, 0.1) is 64.8 Å². The van der Waals surface area contributed by atoms with E-state index in [2.05, 4.69) is 26.0 Å². The molecule has 1 fully saturated rings. The van der Waals surface area contributed by atoms with Crippen molar-refractivity contribution in [3.8, 4) is 17.1 Å². The number of anilines is 2. The van der Waals surface area contributed by atoms with E-state index < -0.39 is 0 Å². The molecule has 3 aromatic rings. The van der Waals surface area contributed by atoms with E-state index in [9.17, 15) is 0 Å². The third-order valence-electron chi connectivity index (χ3n) is 5.11. The fourth-order valence-electron chi connectivity index (χ4n) is 3.61. The van der Waals surface area contributed by atoms with Crippen LogP contribution >= 0.6 is 11.3 Å². The van der Waals surface area contributed by atoms with Gasteiger partial charge in [0.2, 0.25) is 5.88 Å². The van der Waals surface area contributed by atoms with Crippen molar-refractivity contribution in [2.24, 2.45) is 0 Å². The lowest BCUT2D eigenvalue weighted by Crippen LogP contribution is -2.22. The minimum Gasteiger partial charge on any atom is -0.477 e. The lowest BCUT2D eigenvalue weighted by atomic mass is 10.1. The summed E-state index contributed by atoms with van der Waals surface area (Å²) in [7, 11) is 0. The monoisotopic (exact) mass is 452 g/mol. The van der Waals surface area contributed by atoms with Gasteiger partial charge >= 0.3 is 0 Å². The number of ether oxygens (including phenoxy) is 2. The van der Waals surface area contributed by atoms with E-state index in [-0.39, 0.29) is 6.04 Å². The van der Waals surface area contributed by atoms with Crippen LogP contribution < -0.4 is 15.4 Å². The molecule has 1 atom stereocenters. The molecule has 8 nitrogen and oxygen atoms in total. The van der Waals surface area contributed by atoms with E-state index in [0.29, 0.717) is 42.7 Å². The van der Waals surface area contributed by atoms with Gasteiger partial charge in [-0.2, -0.15) is 0 Å². The molecular weight excluding hydrogens is 424 g/mol. The van der Waals surface area contributed by atoms with Crippen LogP contribution in [0.2, 0.25) is 0 Å². The van der Waals surface area contributed by atoms with Crippen molar-refractivity contribution in [1.29, 1.82) is 5.41 Å². The summed E-state index contributed by atoms with van der Waals surface area (Å²) < 4.78 is 11.3. The van der Waals surface area contributed by atoms with Gasteiger partial charge in [-0.1, -0.05) is 0 Å². The molecule has 3 aromatic heterocycles. The van der Waals surface area contributed by atoms with Gasteiger partial charge in [-0.25, -0.2) is 15.0 Å². The number of rotatable bonds is 9. The summed E-state index contributed by atoms with van der Waals surface area (Å²) in [5.74, 6) is 0.530. The summed E-state index contributed by atoms with van der Waals surface area (Å²) in [6.45, 7) is 8.14. The number of aromatic nitrogens is 3. The standard InChI is InChI=1S/C23H28N6O2S/c1-4-31-23-18(6-5-8-25-23)19-10-20(26-11-17-13-32-15(3)27-17)22(21(29-19)14(2)24)28-16-7-9-30-12-16/h5-6,8,10,13,16,24,28H,4,7,9,11-12H2,1-3H3,(H,26,29). The Bertz CT molecular complexity index is 1090. The minimum atomic E-state index is 0.181. The SMILES string of the molecule is CCOc1ncccc1-c1cc(NCc2csc(C)n2)c(NC2CCOC2)c(C(C)=N)n1. The third-order valence-corrected chi connectivity index (χ3v) is 5.93. The van der Waals surface area contributed by atoms with Crippen LogP contribution in [0.15, 0.2) is 29.8 Å². The number of nitrogens with one attached hydrogen (secondary N) is 3. The largest absolute Gasteiger partial charge is 0.477 e. The van der Waals surface area contributed by atoms with Gasteiger partial charge < -0.3 is 25.5 Å². The Morgan fingerprint density at radius 2 is 2.25 bits per heavy atom. The molecule has 168 valence electrons. The lowest BCUT2D eigenvalue weighted by molar-refractivity contribution is 0.195. The molecule has 4 rings (SSSR count). The summed E-state index contributed by atoms with van der Waals surface area (Å²) in [6.07, 6.45) is 2.62. The van der Waals surface area contributed by atoms with E-state index in [1.54, 1.807) is 24.5 Å². The molecule has 0 bridgehead atoms. The van der Waals surface area contributed by atoms with Gasteiger partial charge in [0.15, 0.2) is 0 Å². The van der Waals surface area contributed by atoms with Gasteiger partial charge in [-0.3, -0.25) is 0 Å². The number of hydrogen-bond acceptors (Lipinski definition) is 9. The second-order valence-electron chi connectivity index (χ2n) is 7.61. The predicted molar refractivity (Wildman–Crippen MR) is 128 cm³/mol. The Balaban J connectivity index is 1.78. The molecule has 9 heteroatoms. The molecule has 0 aliphatic carbocycles. The molecule has 32 heavy (non-hydrogen) atoms. The molecule has 0 radical (unpaired) electrons. The zero-order valence-corrected chi connectivity index (χ0v) is 19.4. The van der Waals surface area contributed by atoms with Crippen molar-refractivity contribution in [2.75, 3.05) is 30.5 Å². The molecule has 3 N–H and O–H groups in total. The molecular formula is C23H28N6O2S. The Kier molecular flexibility index (Phi) is 6.96. The van der Waals surface area contributed by atoms with Crippen LogP contribution in [0.5, 0.6) is 5.88 Å². The lowest BCUT2D eigenvalue weighted by Gasteiger charge is -2.21. The maximum absolute atomic E-state index is 8.42. The van der Waals surface area contributed by atoms with E-state index in [1.807, 2.05) is 32.0 Å². The highest BCUT2D eigenvalue weighted by molar-refractivity contribution is 7.09. The van der Waals surface area contributed by atoms with Crippen molar-refractivity contribution >= 4 is 28.4 Å². The van der Waals surface area contributed by atoms with Crippen LogP contribution in [0.1, 0.15) is 36.7 Å². The zero-order valence-electron chi connectivity index (χ0n) is 18.6. The second kappa shape index (κ2) is 10.1. The molecule has 0 aromatic carbocycles. The van der Waals surface area contributed by atoms with Gasteiger partial charge in [0.25, 0.3) is 0 Å². The van der Waals surface area contributed by atoms with Crippen LogP contribution in [0.25, 0.3) is 11.3 Å². The van der Waals surface area contributed by atoms with Crippen LogP contribution in [0.3, 0.4) is 0 Å². The topological polar surface area (TPSA) is 105 Å². The fourth-order valence-corrected chi connectivity index (χ4v) is 4.22. The number of thiazole rings is 1. The second-order valence-corrected chi connectivity index (χ2v) is 8.67. The number of hydrogen-bond donors (Lipinski definition) is 3. The molecule has 1 unspecified atom stereocenters. The first kappa shape index (κ1) is 22.2. The summed E-state index contributed by atoms with van der Waals surface area (Å²) >= 11 is 1.63. The normalized spacial score (nSPS) is 15.5. The Morgan fingerprint density at radius 3 is 2.94 bits per heavy atom. The van der Waals surface area contributed by atoms with Crippen molar-refractivity contribution in [1.82, 2.24) is 15.0 Å². The summed E-state index contributed by atoms with van der Waals surface area (Å²) in [5, 5.41) is 18.6. The van der Waals surface area contributed by atoms with E-state index >= 15 is 0 Å². The average molecular weight is 453 g/mol. The van der Waals surface area contributed by atoms with Crippen LogP contribution in [-0.4, -0.2) is 46.5 Å². The zero-order chi connectivity index (χ0) is 22.5. The summed E-state index contributed by atoms with van der Waals surface area (Å²) in [5.41, 5.74) is 5.12. The molecule has 1 aliphatic heterocycles. The van der Waals surface area contributed by atoms with E-state index in [4.69, 9.17) is 19.9 Å². The summed E-state index contributed by atoms with van der Waals surface area (Å²) in [6, 6.07) is 5.97. The van der Waals surface area contributed by atoms with Crippen molar-refractivity contribution in [2.45, 2.75) is 39.8 Å². The third kappa shape index (κ3) is 5.05. The summed E-state index contributed by atoms with van der Waals surface area (Å²) in [4.78, 5) is 13.8. The highest BCUT2D eigenvalue weighted by atomic mass is 32.1. The van der Waals surface area contributed by atoms with Crippen molar-refractivity contribution < 1.29 is 9.47 Å². The van der Waals surface area contributed by atoms with Gasteiger partial charge in [-0.05, 0) is 45.4 Å². The molecule has 1 aliphatic rings. The van der Waals surface area contributed by atoms with Crippen LogP contribution in [-0.2, 0) is 11.3 Å². The van der Waals surface area contributed by atoms with Crippen LogP contribution in [0.4, 0.5) is 11.4 Å². The smallest absolute Gasteiger partial charge is 0.222 e. The molecule has 1 saturated heterocycles. The number of pyridine rings is 2. The maximum Gasteiger partial charge on any atom is 0.222 e. The fraction of sp³-hybridized carbons (Fsp3) is 0.391. The first-order valence-electron chi connectivity index (χ1n) is 10.7. The molecule has 0 spiro atoms. The highest BCUT2D eigenvalue weighted by Crippen LogP contribution is 2.35. The first-order chi connectivity index (χ1) is 15.5. The predicted octanol–water partition coefficient (Wildman–Crippen LogP) is 4.51. The Morgan fingerprint density at radius 1 is 1.38 bits per heavy atom. The van der Waals surface area contributed by atoms with Gasteiger partial charge in [0, 0.05) is 18.2 Å². The van der Waals surface area contributed by atoms with E-state index in [0.717, 1.165) is 40.7 Å². The highest BCUT2D eigenvalue weighted by Gasteiger charge is 2.22. The van der Waals surface area contributed by atoms with Gasteiger partial charge in [0.1, 0.15) is 5.69 Å². The Hall–Kier alpha value is -3.04. The molecule has 4 heterocycles. The number of aryl methyl sites for hydroxylation is 1. The maximum atomic E-state index is 8.42. The first-order valence-corrected chi connectivity index (χ1v) is 11.6. The molecule has 0 amide bonds. The quantitative estimate of drug-likeness (QED) is 0.410. The number of nitrogens with zero attached hydrogens (tertiary/aromatic N) is 3. The minimum absolute atomic E-state index is 0.181.